The highest BCUT2D eigenvalue weighted by Crippen LogP contribution is 2.54. The van der Waals surface area contributed by atoms with Crippen LogP contribution in [0.2, 0.25) is 0 Å². The number of thioether (sulfide) groups is 1. The first kappa shape index (κ1) is 40.7. The number of amides is 2. The quantitative estimate of drug-likeness (QED) is 0.192. The molecule has 4 aromatic carbocycles. The van der Waals surface area contributed by atoms with Crippen LogP contribution in [0, 0.1) is 0 Å². The zero-order chi connectivity index (χ0) is 36.3. The van der Waals surface area contributed by atoms with Gasteiger partial charge in [-0.15, -0.1) is 24.0 Å². The number of carbonyl (C=O) groups excluding carboxylic acids is 2. The minimum Gasteiger partial charge on any atom is -0.482 e. The Labute approximate surface area is 347 Å². The summed E-state index contributed by atoms with van der Waals surface area (Å²) in [5.74, 6) is 1.45. The molecule has 278 valence electrons. The molecule has 4 heterocycles. The van der Waals surface area contributed by atoms with Gasteiger partial charge in [-0.05, 0) is 67.6 Å². The molecule has 2 amide bonds. The lowest BCUT2D eigenvalue weighted by atomic mass is 9.74. The number of fused-ring (bicyclic) bond motifs is 4. The van der Waals surface area contributed by atoms with Gasteiger partial charge in [0.25, 0.3) is 11.8 Å². The van der Waals surface area contributed by atoms with E-state index in [1.54, 1.807) is 19.0 Å². The number of ether oxygens (including phenoxy) is 2. The Morgan fingerprint density at radius 2 is 1.11 bits per heavy atom. The molecule has 8 rings (SSSR count). The van der Waals surface area contributed by atoms with Gasteiger partial charge >= 0.3 is 0 Å². The number of benzene rings is 4. The summed E-state index contributed by atoms with van der Waals surface area (Å²) in [4.78, 5) is 39.1. The number of nitrogens with zero attached hydrogens (tertiary/aromatic N) is 4. The summed E-state index contributed by atoms with van der Waals surface area (Å²) in [5.41, 5.74) is 6.24. The van der Waals surface area contributed by atoms with E-state index in [4.69, 9.17) is 20.2 Å². The second-order valence-corrected chi connectivity index (χ2v) is 16.2. The Morgan fingerprint density at radius 1 is 0.698 bits per heavy atom. The summed E-state index contributed by atoms with van der Waals surface area (Å²) in [7, 11) is 3.45. The van der Waals surface area contributed by atoms with Gasteiger partial charge in [-0.3, -0.25) is 19.4 Å². The molecule has 4 unspecified atom stereocenters. The van der Waals surface area contributed by atoms with Crippen molar-refractivity contribution in [2.24, 2.45) is 15.7 Å². The first-order chi connectivity index (χ1) is 24.2. The Morgan fingerprint density at radius 3 is 1.49 bits per heavy atom. The van der Waals surface area contributed by atoms with Crippen LogP contribution in [0.3, 0.4) is 0 Å². The zero-order valence-electron chi connectivity index (χ0n) is 29.9. The molecule has 0 fully saturated rings. The van der Waals surface area contributed by atoms with E-state index in [1.165, 1.54) is 16.7 Å². The molecule has 0 aliphatic carbocycles. The van der Waals surface area contributed by atoms with Gasteiger partial charge in [0, 0.05) is 47.0 Å². The molecule has 4 aliphatic rings. The third kappa shape index (κ3) is 6.78. The molecule has 4 aliphatic heterocycles. The molecule has 4 aromatic rings. The van der Waals surface area contributed by atoms with E-state index in [1.807, 2.05) is 117 Å². The second kappa shape index (κ2) is 15.0. The number of hydrogen-bond acceptors (Lipinski definition) is 9. The normalized spacial score (nSPS) is 26.5. The predicted octanol–water partition coefficient (Wildman–Crippen LogP) is 8.44. The highest BCUT2D eigenvalue weighted by molar-refractivity contribution is 14.0. The molecule has 10 nitrogen and oxygen atoms in total. The van der Waals surface area contributed by atoms with Crippen LogP contribution in [0.5, 0.6) is 11.5 Å². The first-order valence-corrected chi connectivity index (χ1v) is 19.2. The fourth-order valence-corrected chi connectivity index (χ4v) is 8.90. The fraction of sp³-hybridized carbons (Fsp3) is 0.282. The molecule has 53 heavy (non-hydrogen) atoms. The Kier molecular flexibility index (Phi) is 11.5. The first-order valence-electron chi connectivity index (χ1n) is 16.4. The third-order valence-corrected chi connectivity index (χ3v) is 11.8. The molecule has 4 atom stereocenters. The van der Waals surface area contributed by atoms with Crippen molar-refractivity contribution in [1.29, 1.82) is 0 Å². The van der Waals surface area contributed by atoms with Gasteiger partial charge in [-0.1, -0.05) is 104 Å². The third-order valence-electron chi connectivity index (χ3n) is 10.1. The standard InChI is InChI=1S/C20H19BrN2O2S.C19H18BrN3O2.HI.H3N/c1-19(13-7-5-4-6-8-13)12-20(17(24)23(2)18(22-20)26-3)15-11-14(21)9-10-16(15)25-19;1-18(12-6-4-3-5-7-12)11-19(16(24)23(2)17(21)22-19)14-10-13(20)8-9-15(14)25-18;;/h4-11H,12H2,1-3H3;3-10H,11H2,1-2H3,(H2,21,22);1H;1H3. The number of aliphatic imine (C=N–C) groups is 2. The molecule has 5 N–H and O–H groups in total. The summed E-state index contributed by atoms with van der Waals surface area (Å²) in [6, 6.07) is 31.4. The smallest absolute Gasteiger partial charge is 0.261 e. The number of hydrogen-bond donors (Lipinski definition) is 2. The topological polar surface area (TPSA) is 145 Å². The predicted molar refractivity (Wildman–Crippen MR) is 228 cm³/mol. The van der Waals surface area contributed by atoms with Gasteiger partial charge in [0.05, 0.1) is 0 Å². The van der Waals surface area contributed by atoms with E-state index < -0.39 is 22.3 Å². The van der Waals surface area contributed by atoms with Crippen LogP contribution in [0.1, 0.15) is 48.9 Å². The second-order valence-electron chi connectivity index (χ2n) is 13.5. The van der Waals surface area contributed by atoms with E-state index in [-0.39, 0.29) is 47.9 Å². The highest BCUT2D eigenvalue weighted by Gasteiger charge is 2.58. The van der Waals surface area contributed by atoms with Crippen molar-refractivity contribution in [3.05, 3.63) is 128 Å². The minimum absolute atomic E-state index is 0. The highest BCUT2D eigenvalue weighted by atomic mass is 127. The maximum atomic E-state index is 13.4. The van der Waals surface area contributed by atoms with Crippen LogP contribution in [-0.4, -0.2) is 53.1 Å². The van der Waals surface area contributed by atoms with Crippen molar-refractivity contribution >= 4 is 90.5 Å². The van der Waals surface area contributed by atoms with Crippen LogP contribution >= 0.6 is 67.6 Å². The number of rotatable bonds is 2. The van der Waals surface area contributed by atoms with E-state index in [9.17, 15) is 9.59 Å². The number of halogens is 3. The van der Waals surface area contributed by atoms with Crippen molar-refractivity contribution in [2.75, 3.05) is 20.4 Å². The van der Waals surface area contributed by atoms with Crippen molar-refractivity contribution < 1.29 is 19.1 Å². The van der Waals surface area contributed by atoms with Crippen molar-refractivity contribution in [1.82, 2.24) is 16.0 Å². The zero-order valence-corrected chi connectivity index (χ0v) is 36.2. The fourth-order valence-electron chi connectivity index (χ4n) is 7.57. The molecule has 0 saturated heterocycles. The molecule has 0 radical (unpaired) electrons. The van der Waals surface area contributed by atoms with E-state index in [0.717, 1.165) is 36.4 Å². The average Bonchev–Trinajstić information content (AvgIpc) is 3.49. The Hall–Kier alpha value is -3.44. The number of likely N-dealkylation sites (N-methyl/N-ethyl adjacent to an activating group) is 2. The lowest BCUT2D eigenvalue weighted by molar-refractivity contribution is -0.134. The van der Waals surface area contributed by atoms with Crippen molar-refractivity contribution in [3.8, 4) is 11.5 Å². The molecule has 0 saturated carbocycles. The lowest BCUT2D eigenvalue weighted by Gasteiger charge is -2.43. The summed E-state index contributed by atoms with van der Waals surface area (Å²) < 4.78 is 14.6. The minimum atomic E-state index is -1.07. The Bertz CT molecular complexity index is 2130. The van der Waals surface area contributed by atoms with Crippen LogP contribution in [0.25, 0.3) is 0 Å². The maximum Gasteiger partial charge on any atom is 0.261 e. The molecule has 14 heteroatoms. The molecule has 2 spiro atoms. The van der Waals surface area contributed by atoms with E-state index in [0.29, 0.717) is 24.3 Å². The number of guanidine groups is 1. The van der Waals surface area contributed by atoms with Crippen LogP contribution in [-0.2, 0) is 31.9 Å². The summed E-state index contributed by atoms with van der Waals surface area (Å²) in [6.45, 7) is 4.03. The lowest BCUT2D eigenvalue weighted by Crippen LogP contribution is -2.49. The summed E-state index contributed by atoms with van der Waals surface area (Å²) >= 11 is 8.50. The Balaban J connectivity index is 0.000000197. The number of amidine groups is 1. The number of nitrogens with two attached hydrogens (primary N) is 1. The number of carbonyl (C=O) groups is 2. The van der Waals surface area contributed by atoms with Crippen LogP contribution in [0.15, 0.2) is 116 Å². The van der Waals surface area contributed by atoms with Gasteiger partial charge in [0.1, 0.15) is 22.7 Å². The summed E-state index contributed by atoms with van der Waals surface area (Å²) in [6.07, 6.45) is 2.79. The average molecular weight is 977 g/mol. The van der Waals surface area contributed by atoms with Crippen LogP contribution < -0.4 is 21.4 Å². The molecular formula is C39H41Br2IN6O4S. The monoisotopic (exact) mass is 974 g/mol. The van der Waals surface area contributed by atoms with Crippen molar-refractivity contribution in [2.45, 2.75) is 49.0 Å². The van der Waals surface area contributed by atoms with Gasteiger partial charge in [-0.25, -0.2) is 9.98 Å². The van der Waals surface area contributed by atoms with Gasteiger partial charge in [0.2, 0.25) is 0 Å². The van der Waals surface area contributed by atoms with E-state index >= 15 is 0 Å². The van der Waals surface area contributed by atoms with Gasteiger partial charge in [-0.2, -0.15) is 0 Å². The van der Waals surface area contributed by atoms with Crippen LogP contribution in [0.4, 0.5) is 0 Å². The maximum absolute atomic E-state index is 13.4. The van der Waals surface area contributed by atoms with E-state index in [2.05, 4.69) is 36.9 Å². The molecular weight excluding hydrogens is 935 g/mol. The van der Waals surface area contributed by atoms with Gasteiger partial charge in [0.15, 0.2) is 22.2 Å². The van der Waals surface area contributed by atoms with Crippen molar-refractivity contribution in [3.63, 3.8) is 0 Å². The SMILES string of the molecule is CN1C(=O)C2(CC(C)(c3ccccc3)Oc3ccc(Br)cc32)N=C1N.CSC1=NC2(CC(C)(c3ccccc3)Oc3ccc(Br)cc32)C(=O)N1C.I.N. The largest absolute Gasteiger partial charge is 0.482 e. The molecule has 0 aromatic heterocycles. The molecule has 0 bridgehead atoms. The summed E-state index contributed by atoms with van der Waals surface area (Å²) in [5, 5.41) is 0.734. The van der Waals surface area contributed by atoms with Gasteiger partial charge < -0.3 is 21.4 Å².